The maximum atomic E-state index is 10.6. The average molecular weight is 237 g/mol. The van der Waals surface area contributed by atoms with Gasteiger partial charge in [0, 0.05) is 6.54 Å². The van der Waals surface area contributed by atoms with Crippen LogP contribution in [0.2, 0.25) is 0 Å². The van der Waals surface area contributed by atoms with Crippen LogP contribution in [0, 0.1) is 0 Å². The van der Waals surface area contributed by atoms with Crippen molar-refractivity contribution in [3.8, 4) is 11.5 Å². The van der Waals surface area contributed by atoms with Crippen molar-refractivity contribution in [1.82, 2.24) is 5.32 Å². The second-order valence-corrected chi connectivity index (χ2v) is 3.92. The fraction of sp³-hybridized carbons (Fsp3) is 0.417. The number of hydrogen-bond donors (Lipinski definition) is 2. The van der Waals surface area contributed by atoms with Gasteiger partial charge in [-0.1, -0.05) is 6.07 Å². The van der Waals surface area contributed by atoms with Crippen LogP contribution < -0.4 is 14.8 Å². The quantitative estimate of drug-likeness (QED) is 0.818. The summed E-state index contributed by atoms with van der Waals surface area (Å²) < 4.78 is 10.9. The van der Waals surface area contributed by atoms with Gasteiger partial charge in [0.2, 0.25) is 0 Å². The van der Waals surface area contributed by atoms with E-state index in [1.54, 1.807) is 6.92 Å². The Morgan fingerprint density at radius 1 is 1.41 bits per heavy atom. The fourth-order valence-electron chi connectivity index (χ4n) is 1.56. The van der Waals surface area contributed by atoms with Crippen LogP contribution in [-0.2, 0) is 11.3 Å². The van der Waals surface area contributed by atoms with E-state index in [4.69, 9.17) is 14.6 Å². The maximum Gasteiger partial charge on any atom is 0.320 e. The van der Waals surface area contributed by atoms with Gasteiger partial charge in [-0.25, -0.2) is 0 Å². The zero-order valence-corrected chi connectivity index (χ0v) is 9.60. The highest BCUT2D eigenvalue weighted by Crippen LogP contribution is 2.30. The van der Waals surface area contributed by atoms with Crippen LogP contribution in [0.15, 0.2) is 18.2 Å². The number of nitrogens with one attached hydrogen (secondary N) is 1. The molecule has 0 aliphatic carbocycles. The lowest BCUT2D eigenvalue weighted by Crippen LogP contribution is -2.33. The Kier molecular flexibility index (Phi) is 3.49. The van der Waals surface area contributed by atoms with Gasteiger partial charge in [0.25, 0.3) is 0 Å². The Bertz CT molecular complexity index is 419. The molecule has 2 N–H and O–H groups in total. The van der Waals surface area contributed by atoms with Crippen LogP contribution in [0.5, 0.6) is 11.5 Å². The highest BCUT2D eigenvalue weighted by atomic mass is 16.6. The molecule has 92 valence electrons. The molecule has 5 heteroatoms. The molecule has 1 atom stereocenters. The molecule has 0 amide bonds. The van der Waals surface area contributed by atoms with E-state index in [9.17, 15) is 4.79 Å². The summed E-state index contributed by atoms with van der Waals surface area (Å²) in [6.45, 7) is 3.22. The van der Waals surface area contributed by atoms with E-state index in [-0.39, 0.29) is 0 Å². The molecule has 0 spiro atoms. The van der Waals surface area contributed by atoms with E-state index >= 15 is 0 Å². The summed E-state index contributed by atoms with van der Waals surface area (Å²) in [5.41, 5.74) is 0.974. The smallest absolute Gasteiger partial charge is 0.320 e. The van der Waals surface area contributed by atoms with Crippen LogP contribution in [0.4, 0.5) is 0 Å². The largest absolute Gasteiger partial charge is 0.486 e. The van der Waals surface area contributed by atoms with Crippen LogP contribution in [-0.4, -0.2) is 30.3 Å². The first-order chi connectivity index (χ1) is 8.16. The molecule has 0 saturated heterocycles. The number of carboxylic acids is 1. The van der Waals surface area contributed by atoms with Crippen molar-refractivity contribution in [1.29, 1.82) is 0 Å². The van der Waals surface area contributed by atoms with Crippen molar-refractivity contribution in [2.45, 2.75) is 19.5 Å². The van der Waals surface area contributed by atoms with Gasteiger partial charge >= 0.3 is 5.97 Å². The van der Waals surface area contributed by atoms with E-state index in [0.717, 1.165) is 17.1 Å². The van der Waals surface area contributed by atoms with Gasteiger partial charge in [-0.05, 0) is 24.6 Å². The number of aliphatic carboxylic acids is 1. The lowest BCUT2D eigenvalue weighted by atomic mass is 10.2. The summed E-state index contributed by atoms with van der Waals surface area (Å²) in [6, 6.07) is 5.05. The van der Waals surface area contributed by atoms with Crippen molar-refractivity contribution in [2.75, 3.05) is 13.2 Å². The summed E-state index contributed by atoms with van der Waals surface area (Å²) in [5, 5.41) is 11.7. The first kappa shape index (κ1) is 11.7. The Morgan fingerprint density at radius 2 is 2.12 bits per heavy atom. The molecule has 1 heterocycles. The average Bonchev–Trinajstić information content (AvgIpc) is 2.35. The van der Waals surface area contributed by atoms with E-state index in [1.165, 1.54) is 0 Å². The number of ether oxygens (including phenoxy) is 2. The summed E-state index contributed by atoms with van der Waals surface area (Å²) >= 11 is 0. The first-order valence-corrected chi connectivity index (χ1v) is 5.51. The number of fused-ring (bicyclic) bond motifs is 1. The molecule has 1 aromatic rings. The molecule has 0 aromatic heterocycles. The van der Waals surface area contributed by atoms with Gasteiger partial charge in [0.05, 0.1) is 0 Å². The molecule has 5 nitrogen and oxygen atoms in total. The molecular formula is C12H15NO4. The molecule has 1 aliphatic heterocycles. The third kappa shape index (κ3) is 2.88. The summed E-state index contributed by atoms with van der Waals surface area (Å²) in [5.74, 6) is 0.604. The van der Waals surface area contributed by atoms with Gasteiger partial charge in [0.15, 0.2) is 11.5 Å². The van der Waals surface area contributed by atoms with Crippen LogP contribution in [0.25, 0.3) is 0 Å². The van der Waals surface area contributed by atoms with Crippen molar-refractivity contribution in [3.63, 3.8) is 0 Å². The number of rotatable bonds is 4. The first-order valence-electron chi connectivity index (χ1n) is 5.51. The molecule has 0 saturated carbocycles. The number of benzene rings is 1. The van der Waals surface area contributed by atoms with Gasteiger partial charge in [-0.3, -0.25) is 4.79 Å². The van der Waals surface area contributed by atoms with Crippen molar-refractivity contribution >= 4 is 5.97 Å². The predicted octanol–water partition coefficient (Wildman–Crippen LogP) is 1.02. The number of hydrogen-bond acceptors (Lipinski definition) is 4. The second-order valence-electron chi connectivity index (χ2n) is 3.92. The third-order valence-electron chi connectivity index (χ3n) is 2.59. The van der Waals surface area contributed by atoms with Gasteiger partial charge in [-0.2, -0.15) is 0 Å². The Hall–Kier alpha value is -1.75. The minimum Gasteiger partial charge on any atom is -0.486 e. The molecule has 17 heavy (non-hydrogen) atoms. The SMILES string of the molecule is CC(NCc1ccc2c(c1)OCCO2)C(=O)O. The molecular weight excluding hydrogens is 222 g/mol. The van der Waals surface area contributed by atoms with E-state index in [1.807, 2.05) is 18.2 Å². The third-order valence-corrected chi connectivity index (χ3v) is 2.59. The standard InChI is InChI=1S/C12H15NO4/c1-8(12(14)15)13-7-9-2-3-10-11(6-9)17-5-4-16-10/h2-3,6,8,13H,4-5,7H2,1H3,(H,14,15). The maximum absolute atomic E-state index is 10.6. The molecule has 0 fully saturated rings. The lowest BCUT2D eigenvalue weighted by molar-refractivity contribution is -0.139. The van der Waals surface area contributed by atoms with Crippen LogP contribution in [0.3, 0.4) is 0 Å². The zero-order valence-electron chi connectivity index (χ0n) is 9.60. The molecule has 1 aliphatic rings. The molecule has 1 unspecified atom stereocenters. The topological polar surface area (TPSA) is 67.8 Å². The summed E-state index contributed by atoms with van der Waals surface area (Å²) in [6.07, 6.45) is 0. The number of carboxylic acid groups (broad SMARTS) is 1. The molecule has 0 bridgehead atoms. The van der Waals surface area contributed by atoms with E-state index in [0.29, 0.717) is 19.8 Å². The monoisotopic (exact) mass is 237 g/mol. The Morgan fingerprint density at radius 3 is 2.82 bits per heavy atom. The lowest BCUT2D eigenvalue weighted by Gasteiger charge is -2.19. The van der Waals surface area contributed by atoms with Crippen molar-refractivity contribution < 1.29 is 19.4 Å². The second kappa shape index (κ2) is 5.05. The zero-order chi connectivity index (χ0) is 12.3. The normalized spacial score (nSPS) is 15.4. The van der Waals surface area contributed by atoms with Crippen LogP contribution in [0.1, 0.15) is 12.5 Å². The van der Waals surface area contributed by atoms with Crippen LogP contribution >= 0.6 is 0 Å². The van der Waals surface area contributed by atoms with Gasteiger partial charge < -0.3 is 19.9 Å². The minimum atomic E-state index is -0.859. The number of carbonyl (C=O) groups is 1. The van der Waals surface area contributed by atoms with Gasteiger partial charge in [-0.15, -0.1) is 0 Å². The minimum absolute atomic E-state index is 0.490. The van der Waals surface area contributed by atoms with Crippen molar-refractivity contribution in [3.05, 3.63) is 23.8 Å². The highest BCUT2D eigenvalue weighted by molar-refractivity contribution is 5.72. The molecule has 1 aromatic carbocycles. The van der Waals surface area contributed by atoms with E-state index in [2.05, 4.69) is 5.32 Å². The Balaban J connectivity index is 2.00. The molecule has 2 rings (SSSR count). The van der Waals surface area contributed by atoms with E-state index < -0.39 is 12.0 Å². The van der Waals surface area contributed by atoms with Crippen molar-refractivity contribution in [2.24, 2.45) is 0 Å². The molecule has 0 radical (unpaired) electrons. The highest BCUT2D eigenvalue weighted by Gasteiger charge is 2.13. The Labute approximate surface area is 99.3 Å². The van der Waals surface area contributed by atoms with Gasteiger partial charge in [0.1, 0.15) is 19.3 Å². The summed E-state index contributed by atoms with van der Waals surface area (Å²) in [7, 11) is 0. The summed E-state index contributed by atoms with van der Waals surface area (Å²) in [4.78, 5) is 10.6. The fourth-order valence-corrected chi connectivity index (χ4v) is 1.56. The predicted molar refractivity (Wildman–Crippen MR) is 61.4 cm³/mol.